The zero-order valence-corrected chi connectivity index (χ0v) is 10.0. The summed E-state index contributed by atoms with van der Waals surface area (Å²) < 4.78 is 0. The molecule has 0 aromatic carbocycles. The quantitative estimate of drug-likeness (QED) is 0.803. The molecule has 0 radical (unpaired) electrons. The second-order valence-electron chi connectivity index (χ2n) is 4.84. The second kappa shape index (κ2) is 4.68. The van der Waals surface area contributed by atoms with E-state index in [9.17, 15) is 0 Å². The Hall–Kier alpha value is -1.32. The van der Waals surface area contributed by atoms with Gasteiger partial charge in [-0.1, -0.05) is 19.8 Å². The minimum absolute atomic E-state index is 0.539. The van der Waals surface area contributed by atoms with E-state index in [0.29, 0.717) is 11.9 Å². The molecule has 1 saturated carbocycles. The first-order valence-electron chi connectivity index (χ1n) is 6.01. The van der Waals surface area contributed by atoms with Crippen molar-refractivity contribution in [1.29, 1.82) is 0 Å². The van der Waals surface area contributed by atoms with Crippen LogP contribution in [0.3, 0.4) is 0 Å². The molecule has 1 aromatic rings. The second-order valence-corrected chi connectivity index (χ2v) is 4.84. The highest BCUT2D eigenvalue weighted by Crippen LogP contribution is 2.25. The third-order valence-electron chi connectivity index (χ3n) is 3.15. The molecule has 1 fully saturated rings. The Balaban J connectivity index is 2.02. The van der Waals surface area contributed by atoms with Crippen molar-refractivity contribution < 1.29 is 0 Å². The summed E-state index contributed by atoms with van der Waals surface area (Å²) in [4.78, 5) is 8.42. The molecule has 1 aliphatic carbocycles. The zero-order valence-electron chi connectivity index (χ0n) is 10.0. The molecule has 1 heterocycles. The highest BCUT2D eigenvalue weighted by molar-refractivity contribution is 5.45. The summed E-state index contributed by atoms with van der Waals surface area (Å²) in [6, 6.07) is 2.35. The van der Waals surface area contributed by atoms with Crippen molar-refractivity contribution in [1.82, 2.24) is 9.97 Å². The van der Waals surface area contributed by atoms with Crippen LogP contribution in [-0.4, -0.2) is 16.0 Å². The fourth-order valence-electron chi connectivity index (χ4n) is 2.44. The predicted molar refractivity (Wildman–Crippen MR) is 66.2 cm³/mol. The number of nitrogens with zero attached hydrogens (tertiary/aromatic N) is 2. The summed E-state index contributed by atoms with van der Waals surface area (Å²) in [7, 11) is 0. The van der Waals surface area contributed by atoms with Crippen LogP contribution in [0, 0.1) is 12.8 Å². The van der Waals surface area contributed by atoms with Crippen LogP contribution in [-0.2, 0) is 0 Å². The standard InChI is InChI=1S/C12H20N4/c1-8-4-3-5-10(6-8)16-12-7-11(13)14-9(2)15-12/h7-8,10H,3-6H2,1-2H3,(H3,13,14,15,16). The van der Waals surface area contributed by atoms with Gasteiger partial charge in [0.1, 0.15) is 17.5 Å². The number of hydrogen-bond donors (Lipinski definition) is 2. The first-order valence-corrected chi connectivity index (χ1v) is 6.01. The Labute approximate surface area is 96.7 Å². The van der Waals surface area contributed by atoms with E-state index in [-0.39, 0.29) is 0 Å². The maximum atomic E-state index is 5.70. The Morgan fingerprint density at radius 2 is 2.19 bits per heavy atom. The van der Waals surface area contributed by atoms with E-state index in [1.54, 1.807) is 0 Å². The van der Waals surface area contributed by atoms with Crippen molar-refractivity contribution in [3.05, 3.63) is 11.9 Å². The van der Waals surface area contributed by atoms with E-state index in [1.807, 2.05) is 13.0 Å². The van der Waals surface area contributed by atoms with Crippen LogP contribution in [0.2, 0.25) is 0 Å². The Kier molecular flexibility index (Phi) is 3.27. The summed E-state index contributed by atoms with van der Waals surface area (Å²) in [5.74, 6) is 2.95. The van der Waals surface area contributed by atoms with Gasteiger partial charge in [-0.15, -0.1) is 0 Å². The number of rotatable bonds is 2. The Bertz CT molecular complexity index is 344. The molecule has 0 aliphatic heterocycles. The normalized spacial score (nSPS) is 25.4. The molecule has 1 aromatic heterocycles. The Morgan fingerprint density at radius 1 is 1.38 bits per heavy atom. The molecule has 4 heteroatoms. The molecule has 3 N–H and O–H groups in total. The number of anilines is 2. The molecule has 0 amide bonds. The van der Waals surface area contributed by atoms with Crippen LogP contribution in [0.5, 0.6) is 0 Å². The first-order chi connectivity index (χ1) is 7.63. The largest absolute Gasteiger partial charge is 0.384 e. The number of aryl methyl sites for hydroxylation is 1. The molecular formula is C12H20N4. The lowest BCUT2D eigenvalue weighted by molar-refractivity contribution is 0.358. The van der Waals surface area contributed by atoms with Gasteiger partial charge in [-0.3, -0.25) is 0 Å². The molecule has 0 spiro atoms. The number of nitrogens with two attached hydrogens (primary N) is 1. The minimum Gasteiger partial charge on any atom is -0.384 e. The van der Waals surface area contributed by atoms with E-state index >= 15 is 0 Å². The number of aromatic nitrogens is 2. The van der Waals surface area contributed by atoms with Crippen LogP contribution in [0.25, 0.3) is 0 Å². The van der Waals surface area contributed by atoms with Crippen LogP contribution >= 0.6 is 0 Å². The van der Waals surface area contributed by atoms with Crippen LogP contribution in [0.1, 0.15) is 38.4 Å². The topological polar surface area (TPSA) is 63.8 Å². The van der Waals surface area contributed by atoms with E-state index in [1.165, 1.54) is 25.7 Å². The van der Waals surface area contributed by atoms with Crippen molar-refractivity contribution in [2.24, 2.45) is 5.92 Å². The smallest absolute Gasteiger partial charge is 0.132 e. The fraction of sp³-hybridized carbons (Fsp3) is 0.667. The predicted octanol–water partition coefficient (Wildman–Crippen LogP) is 2.36. The lowest BCUT2D eigenvalue weighted by Gasteiger charge is -2.27. The molecule has 2 unspecified atom stereocenters. The van der Waals surface area contributed by atoms with E-state index in [0.717, 1.165) is 17.6 Å². The van der Waals surface area contributed by atoms with Gasteiger partial charge in [-0.2, -0.15) is 0 Å². The molecule has 2 atom stereocenters. The third-order valence-corrected chi connectivity index (χ3v) is 3.15. The van der Waals surface area contributed by atoms with Gasteiger partial charge in [0.15, 0.2) is 0 Å². The number of nitrogens with one attached hydrogen (secondary N) is 1. The third kappa shape index (κ3) is 2.84. The van der Waals surface area contributed by atoms with E-state index in [4.69, 9.17) is 5.73 Å². The van der Waals surface area contributed by atoms with Crippen LogP contribution < -0.4 is 11.1 Å². The molecule has 2 rings (SSSR count). The summed E-state index contributed by atoms with van der Waals surface area (Å²) >= 11 is 0. The SMILES string of the molecule is Cc1nc(N)cc(NC2CCCC(C)C2)n1. The van der Waals surface area contributed by atoms with Gasteiger partial charge in [-0.25, -0.2) is 9.97 Å². The van der Waals surface area contributed by atoms with Gasteiger partial charge in [0.25, 0.3) is 0 Å². The van der Waals surface area contributed by atoms with Crippen LogP contribution in [0.4, 0.5) is 11.6 Å². The van der Waals surface area contributed by atoms with Crippen molar-refractivity contribution >= 4 is 11.6 Å². The maximum Gasteiger partial charge on any atom is 0.132 e. The fourth-order valence-corrected chi connectivity index (χ4v) is 2.44. The average molecular weight is 220 g/mol. The van der Waals surface area contributed by atoms with Gasteiger partial charge in [0.2, 0.25) is 0 Å². The van der Waals surface area contributed by atoms with Crippen molar-refractivity contribution in [3.8, 4) is 0 Å². The molecule has 88 valence electrons. The van der Waals surface area contributed by atoms with E-state index < -0.39 is 0 Å². The summed E-state index contributed by atoms with van der Waals surface area (Å²) in [6.07, 6.45) is 5.11. The summed E-state index contributed by atoms with van der Waals surface area (Å²) in [5, 5.41) is 3.46. The highest BCUT2D eigenvalue weighted by Gasteiger charge is 2.18. The minimum atomic E-state index is 0.539. The Morgan fingerprint density at radius 3 is 2.88 bits per heavy atom. The van der Waals surface area contributed by atoms with Gasteiger partial charge < -0.3 is 11.1 Å². The zero-order chi connectivity index (χ0) is 11.5. The number of hydrogen-bond acceptors (Lipinski definition) is 4. The van der Waals surface area contributed by atoms with Crippen molar-refractivity contribution in [3.63, 3.8) is 0 Å². The summed E-state index contributed by atoms with van der Waals surface area (Å²) in [6.45, 7) is 4.18. The maximum absolute atomic E-state index is 5.70. The van der Waals surface area contributed by atoms with Gasteiger partial charge >= 0.3 is 0 Å². The van der Waals surface area contributed by atoms with Crippen molar-refractivity contribution in [2.75, 3.05) is 11.1 Å². The molecule has 16 heavy (non-hydrogen) atoms. The summed E-state index contributed by atoms with van der Waals surface area (Å²) in [5.41, 5.74) is 5.70. The average Bonchev–Trinajstić information content (AvgIpc) is 2.15. The van der Waals surface area contributed by atoms with Gasteiger partial charge in [-0.05, 0) is 25.7 Å². The first kappa shape index (κ1) is 11.2. The van der Waals surface area contributed by atoms with Gasteiger partial charge in [0.05, 0.1) is 0 Å². The molecular weight excluding hydrogens is 200 g/mol. The number of nitrogen functional groups attached to an aromatic ring is 1. The molecule has 1 aliphatic rings. The van der Waals surface area contributed by atoms with E-state index in [2.05, 4.69) is 22.2 Å². The lowest BCUT2D eigenvalue weighted by atomic mass is 9.87. The monoisotopic (exact) mass is 220 g/mol. The van der Waals surface area contributed by atoms with Gasteiger partial charge in [0, 0.05) is 12.1 Å². The molecule has 0 saturated heterocycles. The van der Waals surface area contributed by atoms with Crippen molar-refractivity contribution in [2.45, 2.75) is 45.6 Å². The molecule has 4 nitrogen and oxygen atoms in total. The molecule has 0 bridgehead atoms. The highest BCUT2D eigenvalue weighted by atomic mass is 15.1. The lowest BCUT2D eigenvalue weighted by Crippen LogP contribution is -2.26. The van der Waals surface area contributed by atoms with Crippen LogP contribution in [0.15, 0.2) is 6.07 Å².